The maximum Gasteiger partial charge on any atom is 0.244 e. The molecule has 0 aromatic rings. The number of allylic oxidation sites excluding steroid dienone is 1. The van der Waals surface area contributed by atoms with Crippen molar-refractivity contribution in [1.82, 2.24) is 4.90 Å². The molecule has 2 nitrogen and oxygen atoms in total. The summed E-state index contributed by atoms with van der Waals surface area (Å²) in [4.78, 5) is 13.1. The predicted molar refractivity (Wildman–Crippen MR) is 57.4 cm³/mol. The van der Waals surface area contributed by atoms with Crippen LogP contribution in [0.15, 0.2) is 12.2 Å². The summed E-state index contributed by atoms with van der Waals surface area (Å²) < 4.78 is 0. The van der Waals surface area contributed by atoms with Crippen molar-refractivity contribution in [3.05, 3.63) is 12.2 Å². The highest BCUT2D eigenvalue weighted by Crippen LogP contribution is 2.31. The molecule has 1 saturated carbocycles. The van der Waals surface area contributed by atoms with E-state index < -0.39 is 0 Å². The third-order valence-corrected chi connectivity index (χ3v) is 3.46. The quantitative estimate of drug-likeness (QED) is 0.530. The molecule has 2 fully saturated rings. The number of nitrogens with zero attached hydrogens (tertiary/aromatic N) is 1. The summed E-state index contributed by atoms with van der Waals surface area (Å²) in [6.07, 6.45) is 9.94. The average molecular weight is 214 g/mol. The molecule has 0 spiro atoms. The van der Waals surface area contributed by atoms with Crippen LogP contribution in [-0.2, 0) is 4.79 Å². The lowest BCUT2D eigenvalue weighted by Crippen LogP contribution is -2.42. The van der Waals surface area contributed by atoms with Gasteiger partial charge in [0.2, 0.25) is 5.24 Å². The second kappa shape index (κ2) is 4.45. The number of carbonyl (C=O) groups is 1. The SMILES string of the molecule is O=C(Cl)/C=C/[C@H]1CCCN1C1CCC1. The fourth-order valence-corrected chi connectivity index (χ4v) is 2.45. The highest BCUT2D eigenvalue weighted by atomic mass is 35.5. The molecule has 1 atom stereocenters. The van der Waals surface area contributed by atoms with Gasteiger partial charge in [-0.2, -0.15) is 0 Å². The second-order valence-corrected chi connectivity index (χ2v) is 4.57. The van der Waals surface area contributed by atoms with Crippen LogP contribution in [-0.4, -0.2) is 28.8 Å². The van der Waals surface area contributed by atoms with Gasteiger partial charge in [-0.1, -0.05) is 12.5 Å². The summed E-state index contributed by atoms with van der Waals surface area (Å²) in [6, 6.07) is 1.24. The maximum atomic E-state index is 10.6. The van der Waals surface area contributed by atoms with Gasteiger partial charge in [0, 0.05) is 12.1 Å². The van der Waals surface area contributed by atoms with Crippen molar-refractivity contribution in [2.24, 2.45) is 0 Å². The van der Waals surface area contributed by atoms with E-state index in [9.17, 15) is 4.79 Å². The molecule has 2 aliphatic rings. The highest BCUT2D eigenvalue weighted by molar-refractivity contribution is 6.66. The third kappa shape index (κ3) is 2.18. The zero-order chi connectivity index (χ0) is 9.97. The molecule has 78 valence electrons. The number of hydrogen-bond donors (Lipinski definition) is 0. The lowest BCUT2D eigenvalue weighted by atomic mass is 9.91. The Morgan fingerprint density at radius 2 is 2.07 bits per heavy atom. The van der Waals surface area contributed by atoms with Crippen LogP contribution in [0.4, 0.5) is 0 Å². The smallest absolute Gasteiger partial charge is 0.244 e. The highest BCUT2D eigenvalue weighted by Gasteiger charge is 2.32. The van der Waals surface area contributed by atoms with E-state index in [2.05, 4.69) is 4.90 Å². The Bertz CT molecular complexity index is 248. The first kappa shape index (κ1) is 10.2. The largest absolute Gasteiger partial charge is 0.294 e. The molecule has 0 amide bonds. The molecule has 3 heteroatoms. The van der Waals surface area contributed by atoms with Crippen molar-refractivity contribution in [3.63, 3.8) is 0 Å². The van der Waals surface area contributed by atoms with E-state index in [-0.39, 0.29) is 5.24 Å². The Balaban J connectivity index is 1.92. The van der Waals surface area contributed by atoms with Crippen LogP contribution in [0.25, 0.3) is 0 Å². The van der Waals surface area contributed by atoms with E-state index in [4.69, 9.17) is 11.6 Å². The molecule has 0 unspecified atom stereocenters. The van der Waals surface area contributed by atoms with E-state index in [1.54, 1.807) is 0 Å². The lowest BCUT2D eigenvalue weighted by molar-refractivity contribution is -0.107. The van der Waals surface area contributed by atoms with Crippen molar-refractivity contribution in [1.29, 1.82) is 0 Å². The van der Waals surface area contributed by atoms with Crippen LogP contribution in [0.5, 0.6) is 0 Å². The molecule has 1 aliphatic carbocycles. The third-order valence-electron chi connectivity index (χ3n) is 3.34. The Labute approximate surface area is 89.9 Å². The molecule has 1 saturated heterocycles. The minimum absolute atomic E-state index is 0.356. The molecule has 0 aromatic heterocycles. The van der Waals surface area contributed by atoms with Crippen LogP contribution in [0, 0.1) is 0 Å². The normalized spacial score (nSPS) is 29.6. The first-order valence-corrected chi connectivity index (χ1v) is 5.78. The van der Waals surface area contributed by atoms with Crippen molar-refractivity contribution in [2.45, 2.75) is 44.2 Å². The molecule has 0 aromatic carbocycles. The van der Waals surface area contributed by atoms with E-state index in [1.807, 2.05) is 6.08 Å². The van der Waals surface area contributed by atoms with E-state index in [0.29, 0.717) is 6.04 Å². The molecule has 1 heterocycles. The van der Waals surface area contributed by atoms with Crippen molar-refractivity contribution in [3.8, 4) is 0 Å². The number of carbonyl (C=O) groups excluding carboxylic acids is 1. The van der Waals surface area contributed by atoms with E-state index >= 15 is 0 Å². The van der Waals surface area contributed by atoms with Gasteiger partial charge in [0.15, 0.2) is 0 Å². The summed E-state index contributed by atoms with van der Waals surface area (Å²) in [5.74, 6) is 0. The fraction of sp³-hybridized carbons (Fsp3) is 0.727. The standard InChI is InChI=1S/C11H16ClNO/c12-11(14)7-6-10-5-2-8-13(10)9-3-1-4-9/h6-7,9-10H,1-5,8H2/b7-6+/t10-/m1/s1. The van der Waals surface area contributed by atoms with Crippen molar-refractivity contribution in [2.75, 3.05) is 6.54 Å². The second-order valence-electron chi connectivity index (χ2n) is 4.20. The monoisotopic (exact) mass is 213 g/mol. The Morgan fingerprint density at radius 3 is 2.64 bits per heavy atom. The number of hydrogen-bond acceptors (Lipinski definition) is 2. The molecule has 0 bridgehead atoms. The molecule has 2 rings (SSSR count). The molecule has 0 radical (unpaired) electrons. The van der Waals surface area contributed by atoms with Crippen LogP contribution in [0.1, 0.15) is 32.1 Å². The van der Waals surface area contributed by atoms with Gasteiger partial charge in [-0.05, 0) is 49.9 Å². The zero-order valence-corrected chi connectivity index (χ0v) is 9.04. The number of likely N-dealkylation sites (tertiary alicyclic amines) is 1. The average Bonchev–Trinajstić information content (AvgIpc) is 2.46. The first-order valence-electron chi connectivity index (χ1n) is 5.41. The molecular weight excluding hydrogens is 198 g/mol. The fourth-order valence-electron chi connectivity index (χ4n) is 2.38. The van der Waals surface area contributed by atoms with Gasteiger partial charge in [0.05, 0.1) is 0 Å². The van der Waals surface area contributed by atoms with Crippen LogP contribution in [0.2, 0.25) is 0 Å². The van der Waals surface area contributed by atoms with Gasteiger partial charge >= 0.3 is 0 Å². The van der Waals surface area contributed by atoms with Gasteiger partial charge < -0.3 is 0 Å². The summed E-state index contributed by atoms with van der Waals surface area (Å²) >= 11 is 5.29. The molecule has 0 N–H and O–H groups in total. The van der Waals surface area contributed by atoms with Gasteiger partial charge in [0.25, 0.3) is 0 Å². The lowest BCUT2D eigenvalue weighted by Gasteiger charge is -2.37. The Morgan fingerprint density at radius 1 is 1.29 bits per heavy atom. The minimum Gasteiger partial charge on any atom is -0.294 e. The van der Waals surface area contributed by atoms with Crippen LogP contribution >= 0.6 is 11.6 Å². The number of halogens is 1. The van der Waals surface area contributed by atoms with Gasteiger partial charge in [-0.25, -0.2) is 0 Å². The molecule has 1 aliphatic heterocycles. The van der Waals surface area contributed by atoms with Crippen LogP contribution < -0.4 is 0 Å². The Kier molecular flexibility index (Phi) is 3.24. The minimum atomic E-state index is -0.356. The topological polar surface area (TPSA) is 20.3 Å². The summed E-state index contributed by atoms with van der Waals surface area (Å²) in [5.41, 5.74) is 0. The molecular formula is C11H16ClNO. The van der Waals surface area contributed by atoms with Gasteiger partial charge in [0.1, 0.15) is 0 Å². The van der Waals surface area contributed by atoms with Crippen molar-refractivity contribution >= 4 is 16.8 Å². The molecule has 14 heavy (non-hydrogen) atoms. The summed E-state index contributed by atoms with van der Waals surface area (Å²) in [5, 5.41) is -0.356. The van der Waals surface area contributed by atoms with Crippen LogP contribution in [0.3, 0.4) is 0 Å². The Hall–Kier alpha value is -0.340. The maximum absolute atomic E-state index is 10.6. The summed E-state index contributed by atoms with van der Waals surface area (Å²) in [6.45, 7) is 1.19. The first-order chi connectivity index (χ1) is 6.77. The van der Waals surface area contributed by atoms with Gasteiger partial charge in [-0.15, -0.1) is 0 Å². The predicted octanol–water partition coefficient (Wildman–Crippen LogP) is 2.32. The van der Waals surface area contributed by atoms with Crippen molar-refractivity contribution < 1.29 is 4.79 Å². The van der Waals surface area contributed by atoms with Gasteiger partial charge in [-0.3, -0.25) is 9.69 Å². The van der Waals surface area contributed by atoms with E-state index in [1.165, 1.54) is 44.7 Å². The number of rotatable bonds is 3. The summed E-state index contributed by atoms with van der Waals surface area (Å²) in [7, 11) is 0. The zero-order valence-electron chi connectivity index (χ0n) is 8.29. The van der Waals surface area contributed by atoms with E-state index in [0.717, 1.165) is 6.04 Å².